The monoisotopic (exact) mass is 365 g/mol. The summed E-state index contributed by atoms with van der Waals surface area (Å²) in [4.78, 5) is 24.7. The lowest BCUT2D eigenvalue weighted by atomic mass is 10.0. The smallest absolute Gasteiger partial charge is 0.311 e. The molecule has 1 N–H and O–H groups in total. The van der Waals surface area contributed by atoms with Crippen LogP contribution in [0.4, 0.5) is 5.69 Å². The van der Waals surface area contributed by atoms with Crippen LogP contribution in [0.3, 0.4) is 0 Å². The van der Waals surface area contributed by atoms with E-state index in [4.69, 9.17) is 4.74 Å². The fourth-order valence-corrected chi connectivity index (χ4v) is 3.07. The number of anilines is 1. The summed E-state index contributed by atoms with van der Waals surface area (Å²) in [6.07, 6.45) is -0.782. The summed E-state index contributed by atoms with van der Waals surface area (Å²) in [5, 5.41) is 9.14. The summed E-state index contributed by atoms with van der Waals surface area (Å²) in [7, 11) is 1.81. The van der Waals surface area contributed by atoms with E-state index in [0.29, 0.717) is 5.69 Å². The SMILES string of the molecule is Cc1nn(C)c(C)c1NC(=O)[C@H](C)OC(=O)Cc1cccc2ccccc12. The molecule has 1 atom stereocenters. The Morgan fingerprint density at radius 1 is 1.15 bits per heavy atom. The van der Waals surface area contributed by atoms with Gasteiger partial charge in [-0.1, -0.05) is 42.5 Å². The highest BCUT2D eigenvalue weighted by molar-refractivity contribution is 5.96. The van der Waals surface area contributed by atoms with Crippen molar-refractivity contribution in [2.24, 2.45) is 7.05 Å². The molecule has 1 amide bonds. The molecule has 6 heteroatoms. The van der Waals surface area contributed by atoms with E-state index in [1.54, 1.807) is 11.6 Å². The number of amides is 1. The first-order chi connectivity index (χ1) is 12.9. The minimum absolute atomic E-state index is 0.115. The number of carbonyl (C=O) groups excluding carboxylic acids is 2. The van der Waals surface area contributed by atoms with Gasteiger partial charge < -0.3 is 10.1 Å². The second kappa shape index (κ2) is 7.61. The Morgan fingerprint density at radius 3 is 2.56 bits per heavy atom. The molecule has 3 rings (SSSR count). The van der Waals surface area contributed by atoms with Crippen LogP contribution in [0.2, 0.25) is 0 Å². The number of aryl methyl sites for hydroxylation is 2. The van der Waals surface area contributed by atoms with Gasteiger partial charge >= 0.3 is 5.97 Å². The standard InChI is InChI=1S/C21H23N3O3/c1-13-20(14(2)24(4)23-13)22-21(26)15(3)27-19(25)12-17-10-7-9-16-8-5-6-11-18(16)17/h5-11,15H,12H2,1-4H3,(H,22,26)/t15-/m0/s1. The van der Waals surface area contributed by atoms with Gasteiger partial charge in [-0.2, -0.15) is 5.10 Å². The molecule has 0 unspecified atom stereocenters. The normalized spacial score (nSPS) is 12.0. The van der Waals surface area contributed by atoms with Crippen molar-refractivity contribution in [3.8, 4) is 0 Å². The number of carbonyl (C=O) groups is 2. The maximum Gasteiger partial charge on any atom is 0.311 e. The van der Waals surface area contributed by atoms with Crippen LogP contribution in [0.1, 0.15) is 23.9 Å². The van der Waals surface area contributed by atoms with E-state index in [-0.39, 0.29) is 12.3 Å². The number of nitrogens with zero attached hydrogens (tertiary/aromatic N) is 2. The molecule has 0 aliphatic rings. The van der Waals surface area contributed by atoms with Crippen molar-refractivity contribution >= 4 is 28.3 Å². The summed E-state index contributed by atoms with van der Waals surface area (Å²) in [6.45, 7) is 5.25. The topological polar surface area (TPSA) is 73.2 Å². The van der Waals surface area contributed by atoms with Gasteiger partial charge in [0.05, 0.1) is 23.5 Å². The van der Waals surface area contributed by atoms with Crippen molar-refractivity contribution < 1.29 is 14.3 Å². The third-order valence-corrected chi connectivity index (χ3v) is 4.65. The number of fused-ring (bicyclic) bond motifs is 1. The van der Waals surface area contributed by atoms with Gasteiger partial charge in [-0.25, -0.2) is 0 Å². The number of ether oxygens (including phenoxy) is 1. The minimum Gasteiger partial charge on any atom is -0.452 e. The van der Waals surface area contributed by atoms with Crippen LogP contribution in [-0.4, -0.2) is 27.8 Å². The lowest BCUT2D eigenvalue weighted by molar-refractivity contribution is -0.152. The summed E-state index contributed by atoms with van der Waals surface area (Å²) in [5.41, 5.74) is 3.09. The van der Waals surface area contributed by atoms with Crippen molar-refractivity contribution in [1.29, 1.82) is 0 Å². The number of nitrogens with one attached hydrogen (secondary N) is 1. The maximum absolute atomic E-state index is 12.4. The van der Waals surface area contributed by atoms with Gasteiger partial charge in [0, 0.05) is 7.05 Å². The first kappa shape index (κ1) is 18.6. The quantitative estimate of drug-likeness (QED) is 0.704. The average molecular weight is 365 g/mol. The van der Waals surface area contributed by atoms with E-state index in [0.717, 1.165) is 27.7 Å². The molecule has 1 heterocycles. The van der Waals surface area contributed by atoms with Crippen LogP contribution in [0, 0.1) is 13.8 Å². The highest BCUT2D eigenvalue weighted by Gasteiger charge is 2.21. The maximum atomic E-state index is 12.4. The van der Waals surface area contributed by atoms with Gasteiger partial charge in [0.2, 0.25) is 0 Å². The molecule has 6 nitrogen and oxygen atoms in total. The summed E-state index contributed by atoms with van der Waals surface area (Å²) >= 11 is 0. The Morgan fingerprint density at radius 2 is 1.85 bits per heavy atom. The Bertz CT molecular complexity index is 1000. The zero-order valence-electron chi connectivity index (χ0n) is 15.9. The Hall–Kier alpha value is -3.15. The molecule has 0 spiro atoms. The molecule has 2 aromatic carbocycles. The number of hydrogen-bond acceptors (Lipinski definition) is 4. The number of benzene rings is 2. The molecule has 0 bridgehead atoms. The van der Waals surface area contributed by atoms with Crippen molar-refractivity contribution in [3.05, 3.63) is 59.4 Å². The average Bonchev–Trinajstić information content (AvgIpc) is 2.88. The van der Waals surface area contributed by atoms with Gasteiger partial charge in [0.25, 0.3) is 5.91 Å². The molecule has 3 aromatic rings. The van der Waals surface area contributed by atoms with E-state index in [2.05, 4.69) is 10.4 Å². The second-order valence-corrected chi connectivity index (χ2v) is 6.61. The van der Waals surface area contributed by atoms with Crippen molar-refractivity contribution in [1.82, 2.24) is 9.78 Å². The molecule has 0 fully saturated rings. The van der Waals surface area contributed by atoms with Gasteiger partial charge in [-0.05, 0) is 37.1 Å². The van der Waals surface area contributed by atoms with E-state index >= 15 is 0 Å². The van der Waals surface area contributed by atoms with Crippen LogP contribution in [-0.2, 0) is 27.8 Å². The van der Waals surface area contributed by atoms with Crippen LogP contribution >= 0.6 is 0 Å². The van der Waals surface area contributed by atoms with E-state index in [1.165, 1.54) is 0 Å². The van der Waals surface area contributed by atoms with Gasteiger partial charge in [0.1, 0.15) is 0 Å². The molecule has 0 aliphatic heterocycles. The van der Waals surface area contributed by atoms with Crippen LogP contribution in [0.15, 0.2) is 42.5 Å². The first-order valence-corrected chi connectivity index (χ1v) is 8.84. The molecular formula is C21H23N3O3. The second-order valence-electron chi connectivity index (χ2n) is 6.61. The zero-order valence-corrected chi connectivity index (χ0v) is 15.9. The molecular weight excluding hydrogens is 342 g/mol. The third kappa shape index (κ3) is 4.00. The third-order valence-electron chi connectivity index (χ3n) is 4.65. The van der Waals surface area contributed by atoms with Crippen molar-refractivity contribution in [3.63, 3.8) is 0 Å². The van der Waals surface area contributed by atoms with Crippen LogP contribution in [0.5, 0.6) is 0 Å². The lowest BCUT2D eigenvalue weighted by Gasteiger charge is -2.14. The number of aromatic nitrogens is 2. The fourth-order valence-electron chi connectivity index (χ4n) is 3.07. The molecule has 0 aliphatic carbocycles. The van der Waals surface area contributed by atoms with Gasteiger partial charge in [-0.15, -0.1) is 0 Å². The molecule has 1 aromatic heterocycles. The van der Waals surface area contributed by atoms with Crippen molar-refractivity contribution in [2.75, 3.05) is 5.32 Å². The predicted octanol–water partition coefficient (Wildman–Crippen LogP) is 3.30. The number of rotatable bonds is 5. The van der Waals surface area contributed by atoms with Gasteiger partial charge in [0.15, 0.2) is 6.10 Å². The van der Waals surface area contributed by atoms with Crippen molar-refractivity contribution in [2.45, 2.75) is 33.3 Å². The van der Waals surface area contributed by atoms with E-state index in [9.17, 15) is 9.59 Å². The molecule has 27 heavy (non-hydrogen) atoms. The Kier molecular flexibility index (Phi) is 5.26. The first-order valence-electron chi connectivity index (χ1n) is 8.84. The highest BCUT2D eigenvalue weighted by atomic mass is 16.5. The lowest BCUT2D eigenvalue weighted by Crippen LogP contribution is -2.30. The Labute approximate surface area is 158 Å². The number of esters is 1. The molecule has 0 radical (unpaired) electrons. The van der Waals surface area contributed by atoms with E-state index < -0.39 is 12.1 Å². The number of hydrogen-bond donors (Lipinski definition) is 1. The largest absolute Gasteiger partial charge is 0.452 e. The zero-order chi connectivity index (χ0) is 19.6. The fraction of sp³-hybridized carbons (Fsp3) is 0.286. The molecule has 140 valence electrons. The van der Waals surface area contributed by atoms with Crippen LogP contribution < -0.4 is 5.32 Å². The Balaban J connectivity index is 1.65. The highest BCUT2D eigenvalue weighted by Crippen LogP contribution is 2.20. The van der Waals surface area contributed by atoms with E-state index in [1.807, 2.05) is 63.4 Å². The van der Waals surface area contributed by atoms with Crippen LogP contribution in [0.25, 0.3) is 10.8 Å². The summed E-state index contributed by atoms with van der Waals surface area (Å²) in [6, 6.07) is 13.7. The van der Waals surface area contributed by atoms with Gasteiger partial charge in [-0.3, -0.25) is 14.3 Å². The summed E-state index contributed by atoms with van der Waals surface area (Å²) < 4.78 is 7.04. The predicted molar refractivity (Wildman–Crippen MR) is 105 cm³/mol. The summed E-state index contributed by atoms with van der Waals surface area (Å²) in [5.74, 6) is -0.811. The molecule has 0 saturated heterocycles. The minimum atomic E-state index is -0.897. The molecule has 0 saturated carbocycles.